The number of hydrogen-bond acceptors (Lipinski definition) is 5. The molecule has 2 N–H and O–H groups in total. The Bertz CT molecular complexity index is 900. The Balaban J connectivity index is 1.87. The Morgan fingerprint density at radius 1 is 1.36 bits per heavy atom. The Kier molecular flexibility index (Phi) is 4.48. The van der Waals surface area contributed by atoms with E-state index in [-0.39, 0.29) is 35.8 Å². The normalized spacial score (nSPS) is 17.6. The number of phenols is 1. The van der Waals surface area contributed by atoms with Crippen molar-refractivity contribution in [3.8, 4) is 5.75 Å². The number of carbonyl (C=O) groups excluding carboxylic acids is 1. The van der Waals surface area contributed by atoms with Gasteiger partial charge in [-0.3, -0.25) is 9.59 Å². The monoisotopic (exact) mass is 345 g/mol. The van der Waals surface area contributed by atoms with Gasteiger partial charge in [0.05, 0.1) is 17.9 Å². The maximum Gasteiger partial charge on any atom is 0.340 e. The summed E-state index contributed by atoms with van der Waals surface area (Å²) in [7, 11) is 0. The van der Waals surface area contributed by atoms with Crippen LogP contribution in [0.5, 0.6) is 5.75 Å². The van der Waals surface area contributed by atoms with Crippen molar-refractivity contribution in [1.82, 2.24) is 4.90 Å². The van der Waals surface area contributed by atoms with Crippen molar-refractivity contribution < 1.29 is 24.2 Å². The first-order chi connectivity index (χ1) is 11.9. The summed E-state index contributed by atoms with van der Waals surface area (Å²) in [4.78, 5) is 37.4. The fraction of sp³-hybridized carbons (Fsp3) is 0.389. The third-order valence-electron chi connectivity index (χ3n) is 4.72. The highest BCUT2D eigenvalue weighted by Gasteiger charge is 2.29. The van der Waals surface area contributed by atoms with E-state index in [4.69, 9.17) is 9.52 Å². The second-order valence-corrected chi connectivity index (χ2v) is 6.37. The SMILES string of the molecule is Cc1c(CC(=O)N2CCCC(C(=O)O)C2)c(=O)oc2cc(O)ccc12. The van der Waals surface area contributed by atoms with Crippen molar-refractivity contribution in [3.63, 3.8) is 0 Å². The summed E-state index contributed by atoms with van der Waals surface area (Å²) >= 11 is 0. The van der Waals surface area contributed by atoms with Crippen LogP contribution in [0, 0.1) is 12.8 Å². The number of carboxylic acids is 1. The van der Waals surface area contributed by atoms with Gasteiger partial charge < -0.3 is 19.5 Å². The Morgan fingerprint density at radius 2 is 2.12 bits per heavy atom. The lowest BCUT2D eigenvalue weighted by Gasteiger charge is -2.30. The summed E-state index contributed by atoms with van der Waals surface area (Å²) in [6.07, 6.45) is 1.06. The van der Waals surface area contributed by atoms with Gasteiger partial charge in [-0.2, -0.15) is 0 Å². The van der Waals surface area contributed by atoms with Crippen LogP contribution in [0.4, 0.5) is 0 Å². The molecule has 1 aliphatic rings. The molecule has 1 fully saturated rings. The second kappa shape index (κ2) is 6.58. The number of benzene rings is 1. The average Bonchev–Trinajstić information content (AvgIpc) is 2.58. The third kappa shape index (κ3) is 3.35. The molecule has 0 saturated carbocycles. The summed E-state index contributed by atoms with van der Waals surface area (Å²) < 4.78 is 5.22. The molecule has 25 heavy (non-hydrogen) atoms. The molecule has 1 saturated heterocycles. The van der Waals surface area contributed by atoms with E-state index in [1.54, 1.807) is 13.0 Å². The van der Waals surface area contributed by atoms with Crippen LogP contribution >= 0.6 is 0 Å². The highest BCUT2D eigenvalue weighted by molar-refractivity contribution is 5.85. The van der Waals surface area contributed by atoms with Gasteiger partial charge in [0.15, 0.2) is 0 Å². The maximum atomic E-state index is 12.5. The van der Waals surface area contributed by atoms with Crippen LogP contribution in [-0.2, 0) is 16.0 Å². The number of aryl methyl sites for hydroxylation is 1. The number of hydrogen-bond donors (Lipinski definition) is 2. The molecular formula is C18H19NO6. The molecule has 0 spiro atoms. The minimum absolute atomic E-state index is 0.00749. The number of rotatable bonds is 3. The fourth-order valence-corrected chi connectivity index (χ4v) is 3.26. The molecule has 7 heteroatoms. The molecule has 1 aromatic heterocycles. The first kappa shape index (κ1) is 17.0. The molecule has 2 heterocycles. The van der Waals surface area contributed by atoms with Crippen LogP contribution < -0.4 is 5.63 Å². The van der Waals surface area contributed by atoms with Gasteiger partial charge in [-0.15, -0.1) is 0 Å². The van der Waals surface area contributed by atoms with Gasteiger partial charge in [-0.05, 0) is 37.5 Å². The lowest BCUT2D eigenvalue weighted by atomic mass is 9.97. The molecule has 0 aliphatic carbocycles. The number of aromatic hydroxyl groups is 1. The van der Waals surface area contributed by atoms with E-state index >= 15 is 0 Å². The van der Waals surface area contributed by atoms with Crippen LogP contribution in [0.15, 0.2) is 27.4 Å². The standard InChI is InChI=1S/C18H19NO6/c1-10-13-5-4-12(20)7-15(13)25-18(24)14(10)8-16(21)19-6-2-3-11(9-19)17(22)23/h4-5,7,11,20H,2-3,6,8-9H2,1H3,(H,22,23). The summed E-state index contributed by atoms with van der Waals surface area (Å²) in [6, 6.07) is 4.48. The highest BCUT2D eigenvalue weighted by Crippen LogP contribution is 2.24. The number of phenolic OH excluding ortho intramolecular Hbond substituents is 1. The largest absolute Gasteiger partial charge is 0.508 e. The van der Waals surface area contributed by atoms with Gasteiger partial charge in [0.1, 0.15) is 11.3 Å². The lowest BCUT2D eigenvalue weighted by Crippen LogP contribution is -2.43. The summed E-state index contributed by atoms with van der Waals surface area (Å²) in [5.41, 5.74) is 0.547. The van der Waals surface area contributed by atoms with Crippen LogP contribution in [0.3, 0.4) is 0 Å². The molecule has 0 radical (unpaired) electrons. The van der Waals surface area contributed by atoms with E-state index in [2.05, 4.69) is 0 Å². The van der Waals surface area contributed by atoms with Crippen LogP contribution in [0.1, 0.15) is 24.0 Å². The smallest absolute Gasteiger partial charge is 0.340 e. The number of carboxylic acid groups (broad SMARTS) is 1. The third-order valence-corrected chi connectivity index (χ3v) is 4.72. The van der Waals surface area contributed by atoms with E-state index in [0.29, 0.717) is 30.3 Å². The van der Waals surface area contributed by atoms with Crippen molar-refractivity contribution in [2.75, 3.05) is 13.1 Å². The number of fused-ring (bicyclic) bond motifs is 1. The average molecular weight is 345 g/mol. The number of likely N-dealkylation sites (tertiary alicyclic amines) is 1. The van der Waals surface area contributed by atoms with Crippen molar-refractivity contribution >= 4 is 22.8 Å². The molecule has 1 amide bonds. The fourth-order valence-electron chi connectivity index (χ4n) is 3.26. The Labute approximate surface area is 143 Å². The summed E-state index contributed by atoms with van der Waals surface area (Å²) in [5, 5.41) is 19.3. The quantitative estimate of drug-likeness (QED) is 0.819. The van der Waals surface area contributed by atoms with Gasteiger partial charge in [0.2, 0.25) is 5.91 Å². The van der Waals surface area contributed by atoms with E-state index in [1.165, 1.54) is 17.0 Å². The minimum atomic E-state index is -0.904. The number of carbonyl (C=O) groups is 2. The predicted molar refractivity (Wildman–Crippen MR) is 89.5 cm³/mol. The molecule has 7 nitrogen and oxygen atoms in total. The highest BCUT2D eigenvalue weighted by atomic mass is 16.4. The van der Waals surface area contributed by atoms with Crippen LogP contribution in [0.25, 0.3) is 11.0 Å². The molecule has 3 rings (SSSR count). The Hall–Kier alpha value is -2.83. The number of aliphatic carboxylic acids is 1. The van der Waals surface area contributed by atoms with Crippen molar-refractivity contribution in [3.05, 3.63) is 39.7 Å². The number of nitrogens with zero attached hydrogens (tertiary/aromatic N) is 1. The molecule has 132 valence electrons. The van der Waals surface area contributed by atoms with Crippen molar-refractivity contribution in [2.24, 2.45) is 5.92 Å². The van der Waals surface area contributed by atoms with E-state index in [1.807, 2.05) is 0 Å². The van der Waals surface area contributed by atoms with Crippen LogP contribution in [0.2, 0.25) is 0 Å². The zero-order valence-electron chi connectivity index (χ0n) is 13.8. The molecule has 1 aliphatic heterocycles. The van der Waals surface area contributed by atoms with Gasteiger partial charge >= 0.3 is 11.6 Å². The molecule has 2 aromatic rings. The predicted octanol–water partition coefficient (Wildman–Crippen LogP) is 1.67. The zero-order chi connectivity index (χ0) is 18.1. The number of piperidine rings is 1. The van der Waals surface area contributed by atoms with Crippen molar-refractivity contribution in [1.29, 1.82) is 0 Å². The van der Waals surface area contributed by atoms with E-state index < -0.39 is 17.5 Å². The topological polar surface area (TPSA) is 108 Å². The van der Waals surface area contributed by atoms with Crippen LogP contribution in [-0.4, -0.2) is 40.1 Å². The Morgan fingerprint density at radius 3 is 2.84 bits per heavy atom. The zero-order valence-corrected chi connectivity index (χ0v) is 13.8. The van der Waals surface area contributed by atoms with E-state index in [0.717, 1.165) is 0 Å². The van der Waals surface area contributed by atoms with Gasteiger partial charge in [-0.1, -0.05) is 0 Å². The van der Waals surface area contributed by atoms with Gasteiger partial charge in [0.25, 0.3) is 0 Å². The maximum absolute atomic E-state index is 12.5. The van der Waals surface area contributed by atoms with E-state index in [9.17, 15) is 19.5 Å². The first-order valence-corrected chi connectivity index (χ1v) is 8.12. The van der Waals surface area contributed by atoms with Crippen molar-refractivity contribution in [2.45, 2.75) is 26.2 Å². The van der Waals surface area contributed by atoms with Gasteiger partial charge in [0, 0.05) is 24.5 Å². The first-order valence-electron chi connectivity index (χ1n) is 8.12. The van der Waals surface area contributed by atoms with Gasteiger partial charge in [-0.25, -0.2) is 4.79 Å². The molecule has 1 aromatic carbocycles. The number of amides is 1. The molecule has 1 unspecified atom stereocenters. The summed E-state index contributed by atoms with van der Waals surface area (Å²) in [6.45, 7) is 2.39. The lowest BCUT2D eigenvalue weighted by molar-refractivity contribution is -0.145. The molecular weight excluding hydrogens is 326 g/mol. The molecule has 1 atom stereocenters. The molecule has 0 bridgehead atoms. The minimum Gasteiger partial charge on any atom is -0.508 e. The second-order valence-electron chi connectivity index (χ2n) is 6.37. The summed E-state index contributed by atoms with van der Waals surface area (Å²) in [5.74, 6) is -1.75.